The molecule has 0 heterocycles. The molecule has 0 saturated heterocycles. The van der Waals surface area contributed by atoms with E-state index in [-0.39, 0.29) is 5.82 Å². The van der Waals surface area contributed by atoms with Crippen molar-refractivity contribution in [1.82, 2.24) is 5.32 Å². The van der Waals surface area contributed by atoms with Gasteiger partial charge in [0.25, 0.3) is 0 Å². The van der Waals surface area contributed by atoms with Crippen molar-refractivity contribution in [1.29, 1.82) is 0 Å². The number of halogens is 2. The summed E-state index contributed by atoms with van der Waals surface area (Å²) in [4.78, 5) is 0. The maximum absolute atomic E-state index is 12.9. The van der Waals surface area contributed by atoms with E-state index in [4.69, 9.17) is 0 Å². The minimum Gasteiger partial charge on any atom is -0.313 e. The molecule has 1 nitrogen and oxygen atoms in total. The lowest BCUT2D eigenvalue weighted by molar-refractivity contribution is 0.617. The van der Waals surface area contributed by atoms with Crippen LogP contribution in [-0.2, 0) is 6.54 Å². The zero-order chi connectivity index (χ0) is 9.68. The second-order valence-corrected chi connectivity index (χ2v) is 4.09. The first-order valence-corrected chi connectivity index (χ1v) is 5.46. The van der Waals surface area contributed by atoms with Gasteiger partial charge in [-0.15, -0.1) is 0 Å². The number of hydrogen-bond donors (Lipinski definition) is 1. The van der Waals surface area contributed by atoms with Gasteiger partial charge < -0.3 is 5.32 Å². The summed E-state index contributed by atoms with van der Waals surface area (Å²) in [5.41, 5.74) is 1.14. The third kappa shape index (κ3) is 3.60. The van der Waals surface area contributed by atoms with Crippen molar-refractivity contribution in [2.45, 2.75) is 19.9 Å². The molecule has 0 unspecified atom stereocenters. The van der Waals surface area contributed by atoms with Crippen molar-refractivity contribution >= 4 is 22.6 Å². The number of nitrogens with one attached hydrogen (secondary N) is 1. The highest BCUT2D eigenvalue weighted by Crippen LogP contribution is 2.12. The molecule has 1 aromatic rings. The number of hydrogen-bond acceptors (Lipinski definition) is 1. The lowest BCUT2D eigenvalue weighted by atomic mass is 10.2. The Hall–Kier alpha value is -0.160. The molecule has 0 bridgehead atoms. The fourth-order valence-corrected chi connectivity index (χ4v) is 1.64. The minimum absolute atomic E-state index is 0.139. The molecular weight excluding hydrogens is 280 g/mol. The third-order valence-corrected chi connectivity index (χ3v) is 2.57. The lowest BCUT2D eigenvalue weighted by Gasteiger charge is -2.03. The zero-order valence-corrected chi connectivity index (χ0v) is 9.77. The van der Waals surface area contributed by atoms with Crippen LogP contribution in [0.25, 0.3) is 0 Å². The molecule has 1 rings (SSSR count). The summed E-state index contributed by atoms with van der Waals surface area (Å²) in [5.74, 6) is -0.139. The highest BCUT2D eigenvalue weighted by molar-refractivity contribution is 14.1. The summed E-state index contributed by atoms with van der Waals surface area (Å²) in [6, 6.07) is 5.21. The first kappa shape index (κ1) is 10.9. The van der Waals surface area contributed by atoms with Crippen LogP contribution < -0.4 is 5.32 Å². The van der Waals surface area contributed by atoms with Crippen molar-refractivity contribution < 1.29 is 4.39 Å². The van der Waals surface area contributed by atoms with Gasteiger partial charge in [-0.2, -0.15) is 0 Å². The molecule has 0 saturated carbocycles. The Morgan fingerprint density at radius 1 is 1.46 bits per heavy atom. The van der Waals surface area contributed by atoms with E-state index < -0.39 is 0 Å². The minimum atomic E-state index is -0.139. The Kier molecular flexibility index (Phi) is 4.66. The van der Waals surface area contributed by atoms with Crippen molar-refractivity contribution in [2.75, 3.05) is 6.54 Å². The van der Waals surface area contributed by atoms with Crippen LogP contribution in [0, 0.1) is 9.39 Å². The van der Waals surface area contributed by atoms with Crippen LogP contribution in [0.4, 0.5) is 4.39 Å². The van der Waals surface area contributed by atoms with E-state index in [0.717, 1.165) is 25.1 Å². The molecule has 1 N–H and O–H groups in total. The quantitative estimate of drug-likeness (QED) is 0.665. The summed E-state index contributed by atoms with van der Waals surface area (Å²) in [7, 11) is 0. The third-order valence-electron chi connectivity index (χ3n) is 1.74. The molecule has 0 amide bonds. The molecule has 0 aromatic heterocycles. The maximum atomic E-state index is 12.9. The molecular formula is C10H13FIN. The standard InChI is InChI=1S/C10H13FIN/c1-2-5-13-7-8-3-4-9(11)10(12)6-8/h3-4,6,13H,2,5,7H2,1H3. The molecule has 0 atom stereocenters. The molecule has 3 heteroatoms. The van der Waals surface area contributed by atoms with Crippen LogP contribution in [0.1, 0.15) is 18.9 Å². The van der Waals surface area contributed by atoms with Crippen LogP contribution in [-0.4, -0.2) is 6.54 Å². The first-order chi connectivity index (χ1) is 6.24. The molecule has 1 aromatic carbocycles. The fraction of sp³-hybridized carbons (Fsp3) is 0.400. The van der Waals surface area contributed by atoms with Crippen LogP contribution in [0.5, 0.6) is 0 Å². The predicted octanol–water partition coefficient (Wildman–Crippen LogP) is 2.93. The molecule has 13 heavy (non-hydrogen) atoms. The van der Waals surface area contributed by atoms with E-state index in [2.05, 4.69) is 12.2 Å². The molecule has 0 aliphatic carbocycles. The lowest BCUT2D eigenvalue weighted by Crippen LogP contribution is -2.13. The Bertz CT molecular complexity index is 276. The van der Waals surface area contributed by atoms with Gasteiger partial charge in [-0.3, -0.25) is 0 Å². The van der Waals surface area contributed by atoms with E-state index in [1.807, 2.05) is 34.7 Å². The Labute approximate surface area is 91.9 Å². The number of benzene rings is 1. The molecule has 0 spiro atoms. The van der Waals surface area contributed by atoms with Crippen LogP contribution >= 0.6 is 22.6 Å². The second-order valence-electron chi connectivity index (χ2n) is 2.93. The second kappa shape index (κ2) is 5.54. The smallest absolute Gasteiger partial charge is 0.136 e. The Morgan fingerprint density at radius 2 is 2.23 bits per heavy atom. The summed E-state index contributed by atoms with van der Waals surface area (Å²) in [5, 5.41) is 3.27. The van der Waals surface area contributed by atoms with Gasteiger partial charge in [-0.05, 0) is 53.3 Å². The average molecular weight is 293 g/mol. The monoisotopic (exact) mass is 293 g/mol. The Morgan fingerprint density at radius 3 is 2.85 bits per heavy atom. The highest BCUT2D eigenvalue weighted by Gasteiger charge is 1.99. The topological polar surface area (TPSA) is 12.0 Å². The van der Waals surface area contributed by atoms with Crippen LogP contribution in [0.3, 0.4) is 0 Å². The van der Waals surface area contributed by atoms with Gasteiger partial charge in [0.1, 0.15) is 5.82 Å². The van der Waals surface area contributed by atoms with Crippen LogP contribution in [0.15, 0.2) is 18.2 Å². The van der Waals surface area contributed by atoms with E-state index in [9.17, 15) is 4.39 Å². The largest absolute Gasteiger partial charge is 0.313 e. The van der Waals surface area contributed by atoms with Gasteiger partial charge in [0.15, 0.2) is 0 Å². The molecule has 0 aliphatic heterocycles. The molecule has 0 aliphatic rings. The maximum Gasteiger partial charge on any atom is 0.136 e. The van der Waals surface area contributed by atoms with Gasteiger partial charge in [-0.25, -0.2) is 4.39 Å². The molecule has 0 radical (unpaired) electrons. The summed E-state index contributed by atoms with van der Waals surface area (Å²) < 4.78 is 13.5. The fourth-order valence-electron chi connectivity index (χ4n) is 1.06. The predicted molar refractivity (Wildman–Crippen MR) is 61.1 cm³/mol. The van der Waals surface area contributed by atoms with E-state index in [1.165, 1.54) is 6.07 Å². The van der Waals surface area contributed by atoms with E-state index >= 15 is 0 Å². The molecule has 72 valence electrons. The van der Waals surface area contributed by atoms with Gasteiger partial charge in [-0.1, -0.05) is 13.0 Å². The Balaban J connectivity index is 2.53. The van der Waals surface area contributed by atoms with E-state index in [1.54, 1.807) is 0 Å². The summed E-state index contributed by atoms with van der Waals surface area (Å²) in [6.45, 7) is 3.96. The van der Waals surface area contributed by atoms with Crippen molar-refractivity contribution in [2.24, 2.45) is 0 Å². The van der Waals surface area contributed by atoms with Gasteiger partial charge in [0, 0.05) is 10.1 Å². The highest BCUT2D eigenvalue weighted by atomic mass is 127. The average Bonchev–Trinajstić information content (AvgIpc) is 2.12. The number of rotatable bonds is 4. The zero-order valence-electron chi connectivity index (χ0n) is 7.61. The SMILES string of the molecule is CCCNCc1ccc(F)c(I)c1. The summed E-state index contributed by atoms with van der Waals surface area (Å²) >= 11 is 2.01. The van der Waals surface area contributed by atoms with Crippen molar-refractivity contribution in [3.8, 4) is 0 Å². The van der Waals surface area contributed by atoms with Gasteiger partial charge in [0.05, 0.1) is 0 Å². The van der Waals surface area contributed by atoms with Gasteiger partial charge >= 0.3 is 0 Å². The first-order valence-electron chi connectivity index (χ1n) is 4.38. The van der Waals surface area contributed by atoms with Crippen molar-refractivity contribution in [3.63, 3.8) is 0 Å². The van der Waals surface area contributed by atoms with Gasteiger partial charge in [0.2, 0.25) is 0 Å². The molecule has 0 fully saturated rings. The van der Waals surface area contributed by atoms with Crippen molar-refractivity contribution in [3.05, 3.63) is 33.1 Å². The normalized spacial score (nSPS) is 10.4. The summed E-state index contributed by atoms with van der Waals surface area (Å²) in [6.07, 6.45) is 1.12. The van der Waals surface area contributed by atoms with E-state index in [0.29, 0.717) is 3.57 Å². The van der Waals surface area contributed by atoms with Crippen LogP contribution in [0.2, 0.25) is 0 Å².